The molecule has 0 aliphatic heterocycles. The lowest BCUT2D eigenvalue weighted by molar-refractivity contribution is 0.411. The Bertz CT molecular complexity index is 330. The summed E-state index contributed by atoms with van der Waals surface area (Å²) in [4.78, 5) is 0. The number of methoxy groups -OCH3 is 1. The van der Waals surface area contributed by atoms with Crippen LogP contribution in [-0.4, -0.2) is 12.2 Å². The van der Waals surface area contributed by atoms with Crippen LogP contribution in [0.2, 0.25) is 0 Å². The molecule has 3 nitrogen and oxygen atoms in total. The lowest BCUT2D eigenvalue weighted by Gasteiger charge is -2.06. The van der Waals surface area contributed by atoms with Crippen molar-refractivity contribution < 1.29 is 9.13 Å². The van der Waals surface area contributed by atoms with Crippen LogP contribution in [0.5, 0.6) is 5.75 Å². The molecule has 0 atom stereocenters. The van der Waals surface area contributed by atoms with Gasteiger partial charge in [-0.1, -0.05) is 0 Å². The van der Waals surface area contributed by atoms with E-state index in [0.717, 1.165) is 0 Å². The fraction of sp³-hybridized carbons (Fsp3) is 0.125. The van der Waals surface area contributed by atoms with E-state index in [-0.39, 0.29) is 10.8 Å². The van der Waals surface area contributed by atoms with Gasteiger partial charge in [-0.2, -0.15) is 0 Å². The molecule has 0 spiro atoms. The summed E-state index contributed by atoms with van der Waals surface area (Å²) in [6, 6.07) is 4.37. The van der Waals surface area contributed by atoms with Gasteiger partial charge >= 0.3 is 0 Å². The molecule has 0 fully saturated rings. The normalized spacial score (nSPS) is 9.38. The Kier molecular flexibility index (Phi) is 3.02. The van der Waals surface area contributed by atoms with E-state index < -0.39 is 5.82 Å². The highest BCUT2D eigenvalue weighted by Gasteiger charge is 2.03. The number of halogens is 1. The first-order valence-electron chi connectivity index (χ1n) is 3.53. The Morgan fingerprint density at radius 1 is 1.62 bits per heavy atom. The molecule has 0 amide bonds. The number of thiocarbonyl (C=S) groups is 1. The topological polar surface area (TPSA) is 47.3 Å². The number of hydrogen-bond donors (Lipinski definition) is 2. The molecule has 3 N–H and O–H groups in total. The van der Waals surface area contributed by atoms with Crippen LogP contribution < -0.4 is 15.8 Å². The molecule has 1 aromatic rings. The lowest BCUT2D eigenvalue weighted by atomic mass is 10.3. The fourth-order valence-corrected chi connectivity index (χ4v) is 0.967. The van der Waals surface area contributed by atoms with E-state index in [9.17, 15) is 4.39 Å². The Morgan fingerprint density at radius 3 is 2.77 bits per heavy atom. The number of rotatable bonds is 2. The third-order valence-electron chi connectivity index (χ3n) is 1.43. The van der Waals surface area contributed by atoms with E-state index in [1.165, 1.54) is 19.2 Å². The Morgan fingerprint density at radius 2 is 2.31 bits per heavy atom. The Labute approximate surface area is 80.7 Å². The van der Waals surface area contributed by atoms with Gasteiger partial charge in [0.2, 0.25) is 0 Å². The SMILES string of the molecule is COc1ccc(NC(N)=S)c(F)c1. The molecule has 0 saturated heterocycles. The highest BCUT2D eigenvalue weighted by molar-refractivity contribution is 7.80. The second-order valence-electron chi connectivity index (χ2n) is 2.34. The maximum absolute atomic E-state index is 13.1. The van der Waals surface area contributed by atoms with E-state index in [2.05, 4.69) is 17.5 Å². The van der Waals surface area contributed by atoms with Gasteiger partial charge < -0.3 is 15.8 Å². The van der Waals surface area contributed by atoms with Gasteiger partial charge in [0, 0.05) is 6.07 Å². The fourth-order valence-electron chi connectivity index (χ4n) is 0.857. The van der Waals surface area contributed by atoms with E-state index in [0.29, 0.717) is 5.75 Å². The first-order valence-corrected chi connectivity index (χ1v) is 3.94. The summed E-state index contributed by atoms with van der Waals surface area (Å²) in [5, 5.41) is 2.53. The molecule has 0 bridgehead atoms. The molecular formula is C8H9FN2OS. The van der Waals surface area contributed by atoms with Crippen LogP contribution in [0.3, 0.4) is 0 Å². The zero-order valence-electron chi connectivity index (χ0n) is 7.00. The molecule has 70 valence electrons. The number of hydrogen-bond acceptors (Lipinski definition) is 2. The highest BCUT2D eigenvalue weighted by Crippen LogP contribution is 2.19. The van der Waals surface area contributed by atoms with Crippen LogP contribution in [0.4, 0.5) is 10.1 Å². The summed E-state index contributed by atoms with van der Waals surface area (Å²) >= 11 is 4.57. The molecule has 0 aliphatic rings. The summed E-state index contributed by atoms with van der Waals surface area (Å²) < 4.78 is 18.0. The second-order valence-corrected chi connectivity index (χ2v) is 2.77. The summed E-state index contributed by atoms with van der Waals surface area (Å²) in [5.41, 5.74) is 5.43. The van der Waals surface area contributed by atoms with Gasteiger partial charge in [-0.3, -0.25) is 0 Å². The number of nitrogens with two attached hydrogens (primary N) is 1. The molecule has 13 heavy (non-hydrogen) atoms. The lowest BCUT2D eigenvalue weighted by Crippen LogP contribution is -2.19. The van der Waals surface area contributed by atoms with Crippen molar-refractivity contribution in [3.05, 3.63) is 24.0 Å². The van der Waals surface area contributed by atoms with Crippen molar-refractivity contribution in [3.63, 3.8) is 0 Å². The number of ether oxygens (including phenoxy) is 1. The second kappa shape index (κ2) is 4.04. The van der Waals surface area contributed by atoms with Crippen molar-refractivity contribution in [2.24, 2.45) is 5.73 Å². The van der Waals surface area contributed by atoms with Crippen molar-refractivity contribution >= 4 is 23.0 Å². The average molecular weight is 200 g/mol. The van der Waals surface area contributed by atoms with Crippen molar-refractivity contribution in [2.75, 3.05) is 12.4 Å². The summed E-state index contributed by atoms with van der Waals surface area (Å²) in [6.07, 6.45) is 0. The van der Waals surface area contributed by atoms with E-state index in [4.69, 9.17) is 10.5 Å². The quantitative estimate of drug-likeness (QED) is 0.710. The van der Waals surface area contributed by atoms with Crippen LogP contribution in [0.1, 0.15) is 0 Å². The number of anilines is 1. The standard InChI is InChI=1S/C8H9FN2OS/c1-12-5-2-3-7(6(9)4-5)11-8(10)13/h2-4H,1H3,(H3,10,11,13). The van der Waals surface area contributed by atoms with Crippen LogP contribution in [0.15, 0.2) is 18.2 Å². The molecule has 1 aromatic carbocycles. The maximum Gasteiger partial charge on any atom is 0.168 e. The van der Waals surface area contributed by atoms with Gasteiger partial charge in [0.1, 0.15) is 11.6 Å². The smallest absolute Gasteiger partial charge is 0.168 e. The van der Waals surface area contributed by atoms with Crippen molar-refractivity contribution in [2.45, 2.75) is 0 Å². The van der Waals surface area contributed by atoms with Crippen molar-refractivity contribution in [3.8, 4) is 5.75 Å². The van der Waals surface area contributed by atoms with Gasteiger partial charge in [-0.15, -0.1) is 0 Å². The van der Waals surface area contributed by atoms with E-state index >= 15 is 0 Å². The minimum atomic E-state index is -0.452. The van der Waals surface area contributed by atoms with Gasteiger partial charge in [0.25, 0.3) is 0 Å². The largest absolute Gasteiger partial charge is 0.497 e. The van der Waals surface area contributed by atoms with Crippen molar-refractivity contribution in [1.29, 1.82) is 0 Å². The van der Waals surface area contributed by atoms with Gasteiger partial charge in [-0.25, -0.2) is 4.39 Å². The first-order chi connectivity index (χ1) is 6.13. The summed E-state index contributed by atoms with van der Waals surface area (Å²) in [7, 11) is 1.47. The highest BCUT2D eigenvalue weighted by atomic mass is 32.1. The molecule has 0 unspecified atom stereocenters. The zero-order chi connectivity index (χ0) is 9.84. The maximum atomic E-state index is 13.1. The average Bonchev–Trinajstić information content (AvgIpc) is 2.08. The minimum absolute atomic E-state index is 0.0315. The predicted octanol–water partition coefficient (Wildman–Crippen LogP) is 1.49. The van der Waals surface area contributed by atoms with E-state index in [1.807, 2.05) is 0 Å². The van der Waals surface area contributed by atoms with Crippen LogP contribution in [0.25, 0.3) is 0 Å². The minimum Gasteiger partial charge on any atom is -0.497 e. The predicted molar refractivity (Wildman–Crippen MR) is 53.4 cm³/mol. The molecular weight excluding hydrogens is 191 g/mol. The Balaban J connectivity index is 2.91. The monoisotopic (exact) mass is 200 g/mol. The molecule has 5 heteroatoms. The van der Waals surface area contributed by atoms with Crippen LogP contribution >= 0.6 is 12.2 Å². The number of benzene rings is 1. The van der Waals surface area contributed by atoms with Gasteiger partial charge in [-0.05, 0) is 24.4 Å². The van der Waals surface area contributed by atoms with Gasteiger partial charge in [0.05, 0.1) is 12.8 Å². The summed E-state index contributed by atoms with van der Waals surface area (Å²) in [6.45, 7) is 0. The third-order valence-corrected chi connectivity index (χ3v) is 1.54. The van der Waals surface area contributed by atoms with Crippen LogP contribution in [-0.2, 0) is 0 Å². The molecule has 0 heterocycles. The van der Waals surface area contributed by atoms with Crippen LogP contribution in [0, 0.1) is 5.82 Å². The van der Waals surface area contributed by atoms with Gasteiger partial charge in [0.15, 0.2) is 5.11 Å². The zero-order valence-corrected chi connectivity index (χ0v) is 7.82. The molecule has 0 saturated carbocycles. The third kappa shape index (κ3) is 2.55. The van der Waals surface area contributed by atoms with Crippen molar-refractivity contribution in [1.82, 2.24) is 0 Å². The molecule has 0 aliphatic carbocycles. The molecule has 0 aromatic heterocycles. The Hall–Kier alpha value is -1.36. The first kappa shape index (κ1) is 9.73. The molecule has 1 rings (SSSR count). The number of nitrogens with one attached hydrogen (secondary N) is 1. The summed E-state index contributed by atoms with van der Waals surface area (Å²) in [5.74, 6) is -0.00172. The molecule has 0 radical (unpaired) electrons. The van der Waals surface area contributed by atoms with E-state index in [1.54, 1.807) is 6.07 Å².